The highest BCUT2D eigenvalue weighted by Gasteiger charge is 2.14. The molecule has 2 aromatic carbocycles. The second-order valence-corrected chi connectivity index (χ2v) is 7.60. The van der Waals surface area contributed by atoms with Crippen LogP contribution in [0.4, 0.5) is 0 Å². The lowest BCUT2D eigenvalue weighted by Gasteiger charge is -2.10. The predicted molar refractivity (Wildman–Crippen MR) is 89.0 cm³/mol. The van der Waals surface area contributed by atoms with E-state index in [1.807, 2.05) is 42.5 Å². The van der Waals surface area contributed by atoms with Crippen LogP contribution in [0.5, 0.6) is 5.75 Å². The zero-order valence-electron chi connectivity index (χ0n) is 11.7. The SMILES string of the molecule is O=S(=O)(NCCOc1cccc2ccccc12)c1cccs1. The van der Waals surface area contributed by atoms with Gasteiger partial charge in [0, 0.05) is 11.9 Å². The molecular weight excluding hydrogens is 318 g/mol. The molecule has 0 aliphatic carbocycles. The number of rotatable bonds is 6. The van der Waals surface area contributed by atoms with Crippen LogP contribution >= 0.6 is 11.3 Å². The molecule has 0 unspecified atom stereocenters. The van der Waals surface area contributed by atoms with Crippen molar-refractivity contribution >= 4 is 32.1 Å². The Hall–Kier alpha value is -1.89. The molecule has 0 amide bonds. The Bertz CT molecular complexity index is 853. The first kappa shape index (κ1) is 15.0. The van der Waals surface area contributed by atoms with Gasteiger partial charge in [-0.3, -0.25) is 0 Å². The number of ether oxygens (including phenoxy) is 1. The molecule has 0 radical (unpaired) electrons. The molecule has 22 heavy (non-hydrogen) atoms. The standard InChI is InChI=1S/C16H15NO3S2/c18-22(19,16-9-4-12-21-16)17-10-11-20-15-8-3-6-13-5-1-2-7-14(13)15/h1-9,12,17H,10-11H2. The zero-order chi connectivity index (χ0) is 15.4. The van der Waals surface area contributed by atoms with Crippen LogP contribution in [0.3, 0.4) is 0 Å². The number of benzene rings is 2. The lowest BCUT2D eigenvalue weighted by molar-refractivity contribution is 0.326. The number of nitrogens with one attached hydrogen (secondary N) is 1. The van der Waals surface area contributed by atoms with Crippen LogP contribution in [0.25, 0.3) is 10.8 Å². The van der Waals surface area contributed by atoms with E-state index >= 15 is 0 Å². The highest BCUT2D eigenvalue weighted by atomic mass is 32.2. The summed E-state index contributed by atoms with van der Waals surface area (Å²) in [5.74, 6) is 0.758. The third-order valence-corrected chi connectivity index (χ3v) is 6.02. The largest absolute Gasteiger partial charge is 0.492 e. The first-order valence-electron chi connectivity index (χ1n) is 6.80. The Balaban J connectivity index is 1.61. The van der Waals surface area contributed by atoms with Crippen LogP contribution in [0.2, 0.25) is 0 Å². The Labute approximate surface area is 133 Å². The van der Waals surface area contributed by atoms with E-state index in [4.69, 9.17) is 4.74 Å². The molecule has 6 heteroatoms. The van der Waals surface area contributed by atoms with Gasteiger partial charge in [-0.15, -0.1) is 11.3 Å². The molecule has 0 bridgehead atoms. The van der Waals surface area contributed by atoms with Gasteiger partial charge in [0.2, 0.25) is 10.0 Å². The molecule has 1 N–H and O–H groups in total. The van der Waals surface area contributed by atoms with Crippen LogP contribution in [0.1, 0.15) is 0 Å². The van der Waals surface area contributed by atoms with Gasteiger partial charge < -0.3 is 4.74 Å². The van der Waals surface area contributed by atoms with Gasteiger partial charge in [-0.1, -0.05) is 42.5 Å². The molecule has 0 aliphatic rings. The van der Waals surface area contributed by atoms with Crippen molar-refractivity contribution in [2.45, 2.75) is 4.21 Å². The predicted octanol–water partition coefficient (Wildman–Crippen LogP) is 3.26. The highest BCUT2D eigenvalue weighted by Crippen LogP contribution is 2.24. The number of sulfonamides is 1. The van der Waals surface area contributed by atoms with E-state index < -0.39 is 10.0 Å². The van der Waals surface area contributed by atoms with E-state index in [1.54, 1.807) is 17.5 Å². The van der Waals surface area contributed by atoms with Gasteiger partial charge >= 0.3 is 0 Å². The summed E-state index contributed by atoms with van der Waals surface area (Å²) in [6.07, 6.45) is 0. The molecule has 0 atom stereocenters. The van der Waals surface area contributed by atoms with E-state index in [1.165, 1.54) is 11.3 Å². The van der Waals surface area contributed by atoms with Crippen molar-refractivity contribution in [3.05, 3.63) is 60.0 Å². The van der Waals surface area contributed by atoms with Crippen LogP contribution in [0.15, 0.2) is 64.2 Å². The van der Waals surface area contributed by atoms with Crippen LogP contribution < -0.4 is 9.46 Å². The van der Waals surface area contributed by atoms with Crippen molar-refractivity contribution in [2.24, 2.45) is 0 Å². The maximum atomic E-state index is 12.0. The summed E-state index contributed by atoms with van der Waals surface area (Å²) in [5.41, 5.74) is 0. The summed E-state index contributed by atoms with van der Waals surface area (Å²) in [7, 11) is -3.43. The fourth-order valence-electron chi connectivity index (χ4n) is 2.15. The molecule has 114 valence electrons. The van der Waals surface area contributed by atoms with Crippen LogP contribution in [0, 0.1) is 0 Å². The topological polar surface area (TPSA) is 55.4 Å². The van der Waals surface area contributed by atoms with Gasteiger partial charge in [-0.2, -0.15) is 0 Å². The number of hydrogen-bond donors (Lipinski definition) is 1. The minimum atomic E-state index is -3.43. The van der Waals surface area contributed by atoms with Gasteiger partial charge in [0.1, 0.15) is 16.6 Å². The molecule has 3 rings (SSSR count). The second kappa shape index (κ2) is 6.48. The Morgan fingerprint density at radius 1 is 1.00 bits per heavy atom. The number of hydrogen-bond acceptors (Lipinski definition) is 4. The van der Waals surface area contributed by atoms with E-state index in [0.29, 0.717) is 4.21 Å². The Morgan fingerprint density at radius 3 is 2.64 bits per heavy atom. The summed E-state index contributed by atoms with van der Waals surface area (Å²) >= 11 is 1.19. The number of thiophene rings is 1. The summed E-state index contributed by atoms with van der Waals surface area (Å²) < 4.78 is 32.5. The fourth-order valence-corrected chi connectivity index (χ4v) is 4.20. The van der Waals surface area contributed by atoms with Gasteiger partial charge in [0.25, 0.3) is 0 Å². The smallest absolute Gasteiger partial charge is 0.250 e. The monoisotopic (exact) mass is 333 g/mol. The van der Waals surface area contributed by atoms with Crippen molar-refractivity contribution in [1.29, 1.82) is 0 Å². The maximum absolute atomic E-state index is 12.0. The summed E-state index contributed by atoms with van der Waals surface area (Å²) in [5, 5.41) is 3.85. The molecule has 0 saturated heterocycles. The molecule has 0 spiro atoms. The lowest BCUT2D eigenvalue weighted by Crippen LogP contribution is -2.27. The number of fused-ring (bicyclic) bond motifs is 1. The normalized spacial score (nSPS) is 11.6. The van der Waals surface area contributed by atoms with Gasteiger partial charge in [-0.25, -0.2) is 13.1 Å². The lowest BCUT2D eigenvalue weighted by atomic mass is 10.1. The molecule has 1 aromatic heterocycles. The minimum Gasteiger partial charge on any atom is -0.492 e. The van der Waals surface area contributed by atoms with Crippen LogP contribution in [-0.4, -0.2) is 21.6 Å². The quantitative estimate of drug-likeness (QED) is 0.705. The van der Waals surface area contributed by atoms with Crippen molar-refractivity contribution in [3.8, 4) is 5.75 Å². The molecule has 0 fully saturated rings. The summed E-state index contributed by atoms with van der Waals surface area (Å²) in [6.45, 7) is 0.502. The van der Waals surface area contributed by atoms with Crippen molar-refractivity contribution in [2.75, 3.05) is 13.2 Å². The van der Waals surface area contributed by atoms with Crippen LogP contribution in [-0.2, 0) is 10.0 Å². The molecule has 1 heterocycles. The van der Waals surface area contributed by atoms with Crippen molar-refractivity contribution in [3.63, 3.8) is 0 Å². The molecule has 0 aliphatic heterocycles. The summed E-state index contributed by atoms with van der Waals surface area (Å²) in [4.78, 5) is 0. The third kappa shape index (κ3) is 3.30. The zero-order valence-corrected chi connectivity index (χ0v) is 13.4. The van der Waals surface area contributed by atoms with E-state index in [2.05, 4.69) is 4.72 Å². The van der Waals surface area contributed by atoms with E-state index in [-0.39, 0.29) is 13.2 Å². The average molecular weight is 333 g/mol. The van der Waals surface area contributed by atoms with Crippen molar-refractivity contribution < 1.29 is 13.2 Å². The summed E-state index contributed by atoms with van der Waals surface area (Å²) in [6, 6.07) is 17.0. The molecular formula is C16H15NO3S2. The second-order valence-electron chi connectivity index (χ2n) is 4.66. The Morgan fingerprint density at radius 2 is 1.82 bits per heavy atom. The minimum absolute atomic E-state index is 0.226. The Kier molecular flexibility index (Phi) is 4.42. The van der Waals surface area contributed by atoms with Crippen molar-refractivity contribution in [1.82, 2.24) is 4.72 Å². The first-order valence-corrected chi connectivity index (χ1v) is 9.17. The maximum Gasteiger partial charge on any atom is 0.250 e. The third-order valence-electron chi connectivity index (χ3n) is 3.16. The van der Waals surface area contributed by atoms with E-state index in [9.17, 15) is 8.42 Å². The molecule has 3 aromatic rings. The van der Waals surface area contributed by atoms with Gasteiger partial charge in [0.15, 0.2) is 0 Å². The average Bonchev–Trinajstić information content (AvgIpc) is 3.07. The van der Waals surface area contributed by atoms with E-state index in [0.717, 1.165) is 16.5 Å². The van der Waals surface area contributed by atoms with Gasteiger partial charge in [0.05, 0.1) is 0 Å². The van der Waals surface area contributed by atoms with Gasteiger partial charge in [-0.05, 0) is 22.9 Å². The highest BCUT2D eigenvalue weighted by molar-refractivity contribution is 7.91. The molecule has 0 saturated carbocycles. The molecule has 4 nitrogen and oxygen atoms in total. The fraction of sp³-hybridized carbons (Fsp3) is 0.125. The first-order chi connectivity index (χ1) is 10.7.